The van der Waals surface area contributed by atoms with Gasteiger partial charge in [-0.2, -0.15) is 0 Å². The van der Waals surface area contributed by atoms with Gasteiger partial charge in [0.1, 0.15) is 0 Å². The third kappa shape index (κ3) is 2.46. The van der Waals surface area contributed by atoms with Crippen molar-refractivity contribution in [2.75, 3.05) is 5.32 Å². The average molecular weight is 215 g/mol. The number of para-hydroxylation sites is 1. The van der Waals surface area contributed by atoms with Crippen LogP contribution in [0.1, 0.15) is 45.1 Å². The van der Waals surface area contributed by atoms with E-state index in [0.29, 0.717) is 0 Å². The molecule has 0 aromatic heterocycles. The minimum atomic E-state index is 1.09. The highest BCUT2D eigenvalue weighted by Crippen LogP contribution is 2.27. The molecule has 0 saturated carbocycles. The molecule has 0 saturated heterocycles. The average Bonchev–Trinajstić information content (AvgIpc) is 2.33. The fraction of sp³-hybridized carbons (Fsp3) is 0.467. The van der Waals surface area contributed by atoms with E-state index in [1.165, 1.54) is 48.2 Å². The molecule has 1 N–H and O–H groups in total. The molecule has 1 aromatic rings. The smallest absolute Gasteiger partial charge is 0.0414 e. The Labute approximate surface area is 98.6 Å². The first kappa shape index (κ1) is 11.3. The summed E-state index contributed by atoms with van der Waals surface area (Å²) in [6, 6.07) is 8.63. The van der Waals surface area contributed by atoms with E-state index >= 15 is 0 Å². The second-order valence-electron chi connectivity index (χ2n) is 4.60. The van der Waals surface area contributed by atoms with Crippen LogP contribution in [-0.4, -0.2) is 0 Å². The van der Waals surface area contributed by atoms with Crippen LogP contribution in [0, 0.1) is 0 Å². The van der Waals surface area contributed by atoms with Crippen molar-refractivity contribution in [2.24, 2.45) is 0 Å². The van der Waals surface area contributed by atoms with Gasteiger partial charge in [-0.15, -0.1) is 0 Å². The Bertz CT molecular complexity index is 390. The van der Waals surface area contributed by atoms with Crippen LogP contribution in [-0.2, 0) is 6.42 Å². The maximum atomic E-state index is 3.63. The van der Waals surface area contributed by atoms with Gasteiger partial charge < -0.3 is 5.32 Å². The van der Waals surface area contributed by atoms with E-state index < -0.39 is 0 Å². The fourth-order valence-electron chi connectivity index (χ4n) is 2.34. The van der Waals surface area contributed by atoms with Crippen molar-refractivity contribution in [1.82, 2.24) is 0 Å². The number of aryl methyl sites for hydroxylation is 1. The van der Waals surface area contributed by atoms with Crippen LogP contribution < -0.4 is 5.32 Å². The maximum absolute atomic E-state index is 3.63. The van der Waals surface area contributed by atoms with Crippen LogP contribution in [0.25, 0.3) is 0 Å². The van der Waals surface area contributed by atoms with Gasteiger partial charge in [0.15, 0.2) is 0 Å². The van der Waals surface area contributed by atoms with E-state index in [1.807, 2.05) is 0 Å². The number of anilines is 1. The Morgan fingerprint density at radius 2 is 1.88 bits per heavy atom. The molecular weight excluding hydrogens is 194 g/mol. The van der Waals surface area contributed by atoms with Gasteiger partial charge in [0.25, 0.3) is 0 Å². The van der Waals surface area contributed by atoms with Crippen LogP contribution in [0.3, 0.4) is 0 Å². The lowest BCUT2D eigenvalue weighted by Gasteiger charge is -2.20. The lowest BCUT2D eigenvalue weighted by atomic mass is 9.97. The number of hydrogen-bond donors (Lipinski definition) is 1. The van der Waals surface area contributed by atoms with E-state index in [0.717, 1.165) is 6.42 Å². The molecule has 0 radical (unpaired) electrons. The molecule has 0 spiro atoms. The Hall–Kier alpha value is -1.24. The maximum Gasteiger partial charge on any atom is 0.0414 e. The monoisotopic (exact) mass is 215 g/mol. The molecule has 2 rings (SSSR count). The molecule has 0 atom stereocenters. The molecule has 86 valence electrons. The molecule has 0 bridgehead atoms. The highest BCUT2D eigenvalue weighted by molar-refractivity contribution is 5.55. The molecule has 1 aliphatic carbocycles. The number of benzene rings is 1. The number of hydrogen-bond acceptors (Lipinski definition) is 1. The summed E-state index contributed by atoms with van der Waals surface area (Å²) in [5.41, 5.74) is 5.69. The van der Waals surface area contributed by atoms with Crippen molar-refractivity contribution in [3.05, 3.63) is 41.1 Å². The van der Waals surface area contributed by atoms with Crippen molar-refractivity contribution in [3.8, 4) is 0 Å². The van der Waals surface area contributed by atoms with Gasteiger partial charge >= 0.3 is 0 Å². The van der Waals surface area contributed by atoms with Crippen LogP contribution in [0.2, 0.25) is 0 Å². The summed E-state index contributed by atoms with van der Waals surface area (Å²) in [6.45, 7) is 4.47. The Morgan fingerprint density at radius 1 is 1.12 bits per heavy atom. The lowest BCUT2D eigenvalue weighted by molar-refractivity contribution is 0.675. The van der Waals surface area contributed by atoms with Crippen molar-refractivity contribution >= 4 is 5.69 Å². The second-order valence-corrected chi connectivity index (χ2v) is 4.60. The fourth-order valence-corrected chi connectivity index (χ4v) is 2.34. The van der Waals surface area contributed by atoms with Crippen molar-refractivity contribution in [3.63, 3.8) is 0 Å². The summed E-state index contributed by atoms with van der Waals surface area (Å²) in [6.07, 6.45) is 6.25. The largest absolute Gasteiger partial charge is 0.359 e. The molecule has 1 nitrogen and oxygen atoms in total. The summed E-state index contributed by atoms with van der Waals surface area (Å²) < 4.78 is 0. The van der Waals surface area contributed by atoms with Crippen molar-refractivity contribution in [2.45, 2.75) is 46.0 Å². The standard InChI is InChI=1S/C15H21N/c1-3-13-9-5-7-11-15(13)16-14-10-6-4-8-12(14)2/h5,7,9,11,16H,3-4,6,8,10H2,1-2H3. The third-order valence-corrected chi connectivity index (χ3v) is 3.43. The molecule has 0 amide bonds. The van der Waals surface area contributed by atoms with Crippen LogP contribution in [0.5, 0.6) is 0 Å². The minimum Gasteiger partial charge on any atom is -0.359 e. The molecular formula is C15H21N. The topological polar surface area (TPSA) is 12.0 Å². The van der Waals surface area contributed by atoms with Crippen molar-refractivity contribution in [1.29, 1.82) is 0 Å². The number of nitrogens with one attached hydrogen (secondary N) is 1. The Morgan fingerprint density at radius 3 is 2.62 bits per heavy atom. The summed E-state index contributed by atoms with van der Waals surface area (Å²) in [5, 5.41) is 3.63. The zero-order valence-electron chi connectivity index (χ0n) is 10.3. The minimum absolute atomic E-state index is 1.09. The first-order valence-electron chi connectivity index (χ1n) is 6.35. The predicted octanol–water partition coefficient (Wildman–Crippen LogP) is 4.51. The van der Waals surface area contributed by atoms with E-state index in [-0.39, 0.29) is 0 Å². The summed E-state index contributed by atoms with van der Waals surface area (Å²) in [4.78, 5) is 0. The molecule has 16 heavy (non-hydrogen) atoms. The van der Waals surface area contributed by atoms with Crippen LogP contribution in [0.4, 0.5) is 5.69 Å². The van der Waals surface area contributed by atoms with E-state index in [4.69, 9.17) is 0 Å². The molecule has 0 unspecified atom stereocenters. The molecule has 1 heteroatoms. The first-order valence-corrected chi connectivity index (χ1v) is 6.35. The molecule has 1 aliphatic rings. The highest BCUT2D eigenvalue weighted by atomic mass is 14.9. The van der Waals surface area contributed by atoms with Gasteiger partial charge in [0.05, 0.1) is 0 Å². The van der Waals surface area contributed by atoms with Crippen molar-refractivity contribution < 1.29 is 0 Å². The Kier molecular flexibility index (Phi) is 3.66. The summed E-state index contributed by atoms with van der Waals surface area (Å²) >= 11 is 0. The molecule has 0 fully saturated rings. The predicted molar refractivity (Wildman–Crippen MR) is 70.6 cm³/mol. The van der Waals surface area contributed by atoms with Gasteiger partial charge in [0.2, 0.25) is 0 Å². The van der Waals surface area contributed by atoms with E-state index in [9.17, 15) is 0 Å². The summed E-state index contributed by atoms with van der Waals surface area (Å²) in [7, 11) is 0. The third-order valence-electron chi connectivity index (χ3n) is 3.43. The molecule has 0 aliphatic heterocycles. The molecule has 1 aromatic carbocycles. The van der Waals surface area contributed by atoms with Gasteiger partial charge in [0, 0.05) is 11.4 Å². The SMILES string of the molecule is CCc1ccccc1NC1=C(C)CCCC1. The zero-order chi connectivity index (χ0) is 11.4. The number of rotatable bonds is 3. The summed E-state index contributed by atoms with van der Waals surface area (Å²) in [5.74, 6) is 0. The Balaban J connectivity index is 2.20. The normalized spacial score (nSPS) is 16.4. The number of allylic oxidation sites excluding steroid dienone is 2. The van der Waals surface area contributed by atoms with E-state index in [1.54, 1.807) is 0 Å². The quantitative estimate of drug-likeness (QED) is 0.782. The highest BCUT2D eigenvalue weighted by Gasteiger charge is 2.10. The van der Waals surface area contributed by atoms with Gasteiger partial charge in [-0.3, -0.25) is 0 Å². The zero-order valence-corrected chi connectivity index (χ0v) is 10.3. The van der Waals surface area contributed by atoms with Gasteiger partial charge in [-0.05, 0) is 50.7 Å². The molecule has 0 heterocycles. The second kappa shape index (κ2) is 5.20. The van der Waals surface area contributed by atoms with Gasteiger partial charge in [-0.1, -0.05) is 30.7 Å². The van der Waals surface area contributed by atoms with Gasteiger partial charge in [-0.25, -0.2) is 0 Å². The van der Waals surface area contributed by atoms with E-state index in [2.05, 4.69) is 43.4 Å². The van der Waals surface area contributed by atoms with Crippen LogP contribution >= 0.6 is 0 Å². The first-order chi connectivity index (χ1) is 7.81. The lowest BCUT2D eigenvalue weighted by Crippen LogP contribution is -2.08. The van der Waals surface area contributed by atoms with Crippen LogP contribution in [0.15, 0.2) is 35.5 Å².